The van der Waals surface area contributed by atoms with E-state index in [1.807, 2.05) is 0 Å². The van der Waals surface area contributed by atoms with Crippen molar-refractivity contribution >= 4 is 5.91 Å². The van der Waals surface area contributed by atoms with Gasteiger partial charge in [-0.25, -0.2) is 0 Å². The zero-order valence-electron chi connectivity index (χ0n) is 12.7. The van der Waals surface area contributed by atoms with Crippen LogP contribution in [0.15, 0.2) is 16.9 Å². The van der Waals surface area contributed by atoms with Gasteiger partial charge in [0.1, 0.15) is 0 Å². The van der Waals surface area contributed by atoms with Crippen LogP contribution in [0.1, 0.15) is 55.6 Å². The Kier molecular flexibility index (Phi) is 5.17. The molecule has 0 radical (unpaired) electrons. The second kappa shape index (κ2) is 6.89. The summed E-state index contributed by atoms with van der Waals surface area (Å²) >= 11 is 0. The second-order valence-corrected chi connectivity index (χ2v) is 6.34. The van der Waals surface area contributed by atoms with E-state index in [-0.39, 0.29) is 23.6 Å². The molecular weight excluding hydrogens is 268 g/mol. The summed E-state index contributed by atoms with van der Waals surface area (Å²) in [7, 11) is 0. The van der Waals surface area contributed by atoms with E-state index in [9.17, 15) is 14.7 Å². The summed E-state index contributed by atoms with van der Waals surface area (Å²) in [5, 5.41) is 12.4. The first kappa shape index (κ1) is 15.8. The Morgan fingerprint density at radius 2 is 2.00 bits per heavy atom. The van der Waals surface area contributed by atoms with Gasteiger partial charge >= 0.3 is 0 Å². The lowest BCUT2D eigenvalue weighted by Crippen LogP contribution is -2.39. The average molecular weight is 292 g/mol. The molecule has 0 unspecified atom stereocenters. The molecular formula is C16H24N2O3. The van der Waals surface area contributed by atoms with E-state index in [1.165, 1.54) is 6.07 Å². The molecule has 3 N–H and O–H groups in total. The number of aromatic amines is 1. The van der Waals surface area contributed by atoms with E-state index in [0.29, 0.717) is 11.5 Å². The van der Waals surface area contributed by atoms with Crippen molar-refractivity contribution in [3.63, 3.8) is 0 Å². The van der Waals surface area contributed by atoms with Crippen molar-refractivity contribution in [1.82, 2.24) is 10.3 Å². The van der Waals surface area contributed by atoms with Crippen molar-refractivity contribution in [3.8, 4) is 0 Å². The predicted molar refractivity (Wildman–Crippen MR) is 81.3 cm³/mol. The SMILES string of the molecule is CC(C)Cc1cc(C(=O)NC2CCC(O)CC2)cc(=O)[nH]1. The molecule has 0 aromatic carbocycles. The fraction of sp³-hybridized carbons (Fsp3) is 0.625. The van der Waals surface area contributed by atoms with Crippen molar-refractivity contribution in [2.24, 2.45) is 5.92 Å². The first-order chi connectivity index (χ1) is 9.94. The Hall–Kier alpha value is -1.62. The summed E-state index contributed by atoms with van der Waals surface area (Å²) in [6.45, 7) is 4.14. The Bertz CT molecular complexity index is 543. The zero-order chi connectivity index (χ0) is 15.4. The minimum absolute atomic E-state index is 0.0914. The molecule has 5 heteroatoms. The molecule has 21 heavy (non-hydrogen) atoms. The monoisotopic (exact) mass is 292 g/mol. The van der Waals surface area contributed by atoms with Gasteiger partial charge in [-0.15, -0.1) is 0 Å². The number of aliphatic hydroxyl groups is 1. The lowest BCUT2D eigenvalue weighted by atomic mass is 9.93. The standard InChI is InChI=1S/C16H24N2O3/c1-10(2)7-13-8-11(9-15(20)17-13)16(21)18-12-3-5-14(19)6-4-12/h8-10,12,14,19H,3-7H2,1-2H3,(H,17,20)(H,18,21). The van der Waals surface area contributed by atoms with Gasteiger partial charge in [-0.1, -0.05) is 13.8 Å². The summed E-state index contributed by atoms with van der Waals surface area (Å²) < 4.78 is 0. The fourth-order valence-electron chi connectivity index (χ4n) is 2.77. The molecule has 1 heterocycles. The first-order valence-corrected chi connectivity index (χ1v) is 7.66. The number of hydrogen-bond donors (Lipinski definition) is 3. The number of hydrogen-bond acceptors (Lipinski definition) is 3. The molecule has 2 rings (SSSR count). The molecule has 1 fully saturated rings. The number of aliphatic hydroxyl groups excluding tert-OH is 1. The molecule has 0 aliphatic heterocycles. The first-order valence-electron chi connectivity index (χ1n) is 7.66. The number of amides is 1. The molecule has 1 aliphatic carbocycles. The van der Waals surface area contributed by atoms with Crippen LogP contribution in [-0.2, 0) is 6.42 Å². The summed E-state index contributed by atoms with van der Waals surface area (Å²) in [6.07, 6.45) is 3.52. The van der Waals surface area contributed by atoms with E-state index in [2.05, 4.69) is 24.1 Å². The topological polar surface area (TPSA) is 82.2 Å². The number of rotatable bonds is 4. The minimum atomic E-state index is -0.240. The van der Waals surface area contributed by atoms with Gasteiger partial charge in [0.05, 0.1) is 6.10 Å². The Labute approximate surface area is 124 Å². The minimum Gasteiger partial charge on any atom is -0.393 e. The lowest BCUT2D eigenvalue weighted by molar-refractivity contribution is 0.0867. The molecule has 5 nitrogen and oxygen atoms in total. The van der Waals surface area contributed by atoms with E-state index in [0.717, 1.165) is 37.8 Å². The average Bonchev–Trinajstić information content (AvgIpc) is 2.40. The van der Waals surface area contributed by atoms with Crippen LogP contribution in [0.4, 0.5) is 0 Å². The van der Waals surface area contributed by atoms with E-state index >= 15 is 0 Å². The molecule has 1 amide bonds. The molecule has 0 saturated heterocycles. The van der Waals surface area contributed by atoms with Gasteiger partial charge < -0.3 is 15.4 Å². The quantitative estimate of drug-likeness (QED) is 0.788. The van der Waals surface area contributed by atoms with Crippen LogP contribution in [0.3, 0.4) is 0 Å². The van der Waals surface area contributed by atoms with Crippen molar-refractivity contribution in [1.29, 1.82) is 0 Å². The van der Waals surface area contributed by atoms with Crippen LogP contribution < -0.4 is 10.9 Å². The highest BCUT2D eigenvalue weighted by Gasteiger charge is 2.21. The van der Waals surface area contributed by atoms with Gasteiger partial charge in [-0.3, -0.25) is 9.59 Å². The van der Waals surface area contributed by atoms with Crippen molar-refractivity contribution in [2.75, 3.05) is 0 Å². The second-order valence-electron chi connectivity index (χ2n) is 6.34. The molecule has 1 aromatic rings. The third-order valence-electron chi connectivity index (χ3n) is 3.82. The van der Waals surface area contributed by atoms with Crippen molar-refractivity contribution in [2.45, 2.75) is 58.1 Å². The van der Waals surface area contributed by atoms with E-state index in [1.54, 1.807) is 6.07 Å². The van der Waals surface area contributed by atoms with Crippen LogP contribution in [0.2, 0.25) is 0 Å². The van der Waals surface area contributed by atoms with Crippen molar-refractivity contribution < 1.29 is 9.90 Å². The maximum atomic E-state index is 12.3. The molecule has 1 aromatic heterocycles. The van der Waals surface area contributed by atoms with E-state index < -0.39 is 0 Å². The van der Waals surface area contributed by atoms with Gasteiger partial charge in [-0.2, -0.15) is 0 Å². The smallest absolute Gasteiger partial charge is 0.251 e. The van der Waals surface area contributed by atoms with Crippen LogP contribution >= 0.6 is 0 Å². The number of nitrogens with one attached hydrogen (secondary N) is 2. The van der Waals surface area contributed by atoms with Gasteiger partial charge in [0, 0.05) is 23.4 Å². The number of H-pyrrole nitrogens is 1. The Morgan fingerprint density at radius 3 is 2.62 bits per heavy atom. The van der Waals surface area contributed by atoms with Crippen LogP contribution in [0.25, 0.3) is 0 Å². The molecule has 0 spiro atoms. The molecule has 1 saturated carbocycles. The summed E-state index contributed by atoms with van der Waals surface area (Å²) in [4.78, 5) is 26.7. The molecule has 0 bridgehead atoms. The third-order valence-corrected chi connectivity index (χ3v) is 3.82. The highest BCUT2D eigenvalue weighted by atomic mass is 16.3. The summed E-state index contributed by atoms with van der Waals surface area (Å²) in [5.41, 5.74) is 0.972. The normalized spacial score (nSPS) is 22.3. The molecule has 0 atom stereocenters. The van der Waals surface area contributed by atoms with Gasteiger partial charge in [-0.05, 0) is 44.1 Å². The summed E-state index contributed by atoms with van der Waals surface area (Å²) in [6, 6.07) is 3.19. The largest absolute Gasteiger partial charge is 0.393 e. The Morgan fingerprint density at radius 1 is 1.33 bits per heavy atom. The molecule has 116 valence electrons. The highest BCUT2D eigenvalue weighted by molar-refractivity contribution is 5.94. The van der Waals surface area contributed by atoms with Crippen LogP contribution in [0.5, 0.6) is 0 Å². The van der Waals surface area contributed by atoms with Gasteiger partial charge in [0.2, 0.25) is 5.56 Å². The maximum absolute atomic E-state index is 12.3. The summed E-state index contributed by atoms with van der Waals surface area (Å²) in [5.74, 6) is 0.214. The lowest BCUT2D eigenvalue weighted by Gasteiger charge is -2.26. The molecule has 1 aliphatic rings. The number of aromatic nitrogens is 1. The Balaban J connectivity index is 2.04. The highest BCUT2D eigenvalue weighted by Crippen LogP contribution is 2.18. The fourth-order valence-corrected chi connectivity index (χ4v) is 2.77. The maximum Gasteiger partial charge on any atom is 0.251 e. The van der Waals surface area contributed by atoms with Crippen molar-refractivity contribution in [3.05, 3.63) is 33.7 Å². The van der Waals surface area contributed by atoms with Crippen LogP contribution in [-0.4, -0.2) is 28.1 Å². The number of carbonyl (C=O) groups is 1. The van der Waals surface area contributed by atoms with Gasteiger partial charge in [0.15, 0.2) is 0 Å². The number of pyridine rings is 1. The zero-order valence-corrected chi connectivity index (χ0v) is 12.7. The van der Waals surface area contributed by atoms with Gasteiger partial charge in [0.25, 0.3) is 5.91 Å². The van der Waals surface area contributed by atoms with E-state index in [4.69, 9.17) is 0 Å². The van der Waals surface area contributed by atoms with Crippen LogP contribution in [0, 0.1) is 5.92 Å². The number of carbonyl (C=O) groups excluding carboxylic acids is 1. The third kappa shape index (κ3) is 4.70. The predicted octanol–water partition coefficient (Wildman–Crippen LogP) is 1.61.